The highest BCUT2D eigenvalue weighted by Crippen LogP contribution is 2.16. The first-order valence-electron chi connectivity index (χ1n) is 6.77. The predicted octanol–water partition coefficient (Wildman–Crippen LogP) is 2.37. The van der Waals surface area contributed by atoms with E-state index >= 15 is 0 Å². The first-order chi connectivity index (χ1) is 9.61. The number of thiophene rings is 1. The Bertz CT molecular complexity index is 562. The monoisotopic (exact) mass is 292 g/mol. The van der Waals surface area contributed by atoms with Crippen LogP contribution in [-0.2, 0) is 12.8 Å². The Hall–Kier alpha value is -1.82. The highest BCUT2D eigenvalue weighted by molar-refractivity contribution is 7.09. The minimum atomic E-state index is -0.217. The lowest BCUT2D eigenvalue weighted by atomic mass is 10.2. The first-order valence-corrected chi connectivity index (χ1v) is 7.65. The van der Waals surface area contributed by atoms with Gasteiger partial charge in [-0.2, -0.15) is 5.10 Å². The van der Waals surface area contributed by atoms with Gasteiger partial charge in [-0.05, 0) is 24.8 Å². The number of amides is 1. The number of nitrogens with zero attached hydrogens (tertiary/aromatic N) is 1. The summed E-state index contributed by atoms with van der Waals surface area (Å²) in [5.74, 6) is -0.217. The zero-order valence-corrected chi connectivity index (χ0v) is 12.6. The lowest BCUT2D eigenvalue weighted by molar-refractivity contribution is 0.0936. The number of anilines is 1. The Morgan fingerprint density at radius 1 is 1.60 bits per heavy atom. The van der Waals surface area contributed by atoms with E-state index in [0.29, 0.717) is 11.4 Å². The number of carbonyl (C=O) groups excluding carboxylic acids is 1. The van der Waals surface area contributed by atoms with Gasteiger partial charge >= 0.3 is 0 Å². The van der Waals surface area contributed by atoms with Crippen LogP contribution in [0.25, 0.3) is 0 Å². The number of hydrogen-bond acceptors (Lipinski definition) is 4. The number of carbonyl (C=O) groups is 1. The van der Waals surface area contributed by atoms with Crippen molar-refractivity contribution in [1.29, 1.82) is 0 Å². The summed E-state index contributed by atoms with van der Waals surface area (Å²) in [6.07, 6.45) is 2.58. The molecule has 108 valence electrons. The van der Waals surface area contributed by atoms with E-state index in [0.717, 1.165) is 25.0 Å². The van der Waals surface area contributed by atoms with Crippen molar-refractivity contribution in [3.05, 3.63) is 33.8 Å². The molecule has 0 aliphatic rings. The Balaban J connectivity index is 1.97. The standard InChI is InChI=1S/C14H20N4OS/c1-3-5-11-12(15)13(18-17-11)14(19)16-9(2)8-10-6-4-7-20-10/h4,6-7,9H,3,5,8,15H2,1-2H3,(H,16,19)(H,17,18). The van der Waals surface area contributed by atoms with E-state index in [-0.39, 0.29) is 11.9 Å². The molecule has 0 spiro atoms. The molecule has 0 saturated heterocycles. The fraction of sp³-hybridized carbons (Fsp3) is 0.429. The molecule has 0 bridgehead atoms. The molecule has 1 unspecified atom stereocenters. The molecule has 20 heavy (non-hydrogen) atoms. The second-order valence-corrected chi connectivity index (χ2v) is 5.90. The summed E-state index contributed by atoms with van der Waals surface area (Å²) in [6.45, 7) is 4.04. The van der Waals surface area contributed by atoms with Crippen LogP contribution < -0.4 is 11.1 Å². The van der Waals surface area contributed by atoms with Crippen LogP contribution in [0.15, 0.2) is 17.5 Å². The molecule has 0 fully saturated rings. The zero-order chi connectivity index (χ0) is 14.5. The highest BCUT2D eigenvalue weighted by atomic mass is 32.1. The van der Waals surface area contributed by atoms with Crippen molar-refractivity contribution in [3.63, 3.8) is 0 Å². The highest BCUT2D eigenvalue weighted by Gasteiger charge is 2.18. The Labute approximate surface area is 122 Å². The number of aromatic nitrogens is 2. The number of nitrogens with two attached hydrogens (primary N) is 1. The smallest absolute Gasteiger partial charge is 0.274 e. The summed E-state index contributed by atoms with van der Waals surface area (Å²) in [7, 11) is 0. The minimum absolute atomic E-state index is 0.0480. The van der Waals surface area contributed by atoms with Crippen LogP contribution >= 0.6 is 11.3 Å². The molecule has 0 aliphatic heterocycles. The SMILES string of the molecule is CCCc1[nH]nc(C(=O)NC(C)Cc2cccs2)c1N. The minimum Gasteiger partial charge on any atom is -0.395 e. The van der Waals surface area contributed by atoms with Gasteiger partial charge in [0, 0.05) is 17.3 Å². The van der Waals surface area contributed by atoms with Crippen molar-refractivity contribution in [2.75, 3.05) is 5.73 Å². The second-order valence-electron chi connectivity index (χ2n) is 4.87. The van der Waals surface area contributed by atoms with Gasteiger partial charge in [-0.1, -0.05) is 19.4 Å². The fourth-order valence-electron chi connectivity index (χ4n) is 2.07. The quantitative estimate of drug-likeness (QED) is 0.764. The number of aryl methyl sites for hydroxylation is 1. The van der Waals surface area contributed by atoms with E-state index in [1.165, 1.54) is 4.88 Å². The lowest BCUT2D eigenvalue weighted by Gasteiger charge is -2.12. The summed E-state index contributed by atoms with van der Waals surface area (Å²) >= 11 is 1.69. The van der Waals surface area contributed by atoms with Gasteiger partial charge in [0.05, 0.1) is 11.4 Å². The van der Waals surface area contributed by atoms with E-state index in [9.17, 15) is 4.79 Å². The van der Waals surface area contributed by atoms with Crippen LogP contribution in [0.4, 0.5) is 5.69 Å². The molecule has 2 rings (SSSR count). The molecule has 4 N–H and O–H groups in total. The van der Waals surface area contributed by atoms with Crippen molar-refractivity contribution in [2.45, 2.75) is 39.2 Å². The van der Waals surface area contributed by atoms with Crippen LogP contribution in [0.1, 0.15) is 41.3 Å². The summed E-state index contributed by atoms with van der Waals surface area (Å²) in [5, 5.41) is 11.8. The zero-order valence-electron chi connectivity index (χ0n) is 11.8. The van der Waals surface area contributed by atoms with Crippen LogP contribution in [0.5, 0.6) is 0 Å². The Morgan fingerprint density at radius 2 is 2.40 bits per heavy atom. The maximum atomic E-state index is 12.2. The molecule has 2 heterocycles. The molecular weight excluding hydrogens is 272 g/mol. The maximum Gasteiger partial charge on any atom is 0.274 e. The van der Waals surface area contributed by atoms with Gasteiger partial charge in [-0.25, -0.2) is 0 Å². The molecule has 2 aromatic heterocycles. The van der Waals surface area contributed by atoms with Gasteiger partial charge in [0.15, 0.2) is 5.69 Å². The molecule has 0 aliphatic carbocycles. The van der Waals surface area contributed by atoms with Crippen molar-refractivity contribution in [3.8, 4) is 0 Å². The predicted molar refractivity (Wildman–Crippen MR) is 81.9 cm³/mol. The fourth-order valence-corrected chi connectivity index (χ4v) is 2.91. The van der Waals surface area contributed by atoms with E-state index in [4.69, 9.17) is 5.73 Å². The van der Waals surface area contributed by atoms with E-state index in [1.54, 1.807) is 11.3 Å². The van der Waals surface area contributed by atoms with Gasteiger partial charge in [0.1, 0.15) is 0 Å². The first kappa shape index (κ1) is 14.6. The number of rotatable bonds is 6. The molecule has 5 nitrogen and oxygen atoms in total. The van der Waals surface area contributed by atoms with Gasteiger partial charge in [-0.15, -0.1) is 11.3 Å². The largest absolute Gasteiger partial charge is 0.395 e. The third-order valence-corrected chi connectivity index (χ3v) is 3.96. The van der Waals surface area contributed by atoms with Crippen LogP contribution in [0.2, 0.25) is 0 Å². The second kappa shape index (κ2) is 6.56. The molecule has 0 saturated carbocycles. The molecule has 1 amide bonds. The van der Waals surface area contributed by atoms with E-state index < -0.39 is 0 Å². The average molecular weight is 292 g/mol. The molecule has 1 atom stereocenters. The summed E-state index contributed by atoms with van der Waals surface area (Å²) in [5.41, 5.74) is 7.55. The van der Waals surface area contributed by atoms with Crippen LogP contribution in [0.3, 0.4) is 0 Å². The number of aromatic amines is 1. The molecule has 2 aromatic rings. The Morgan fingerprint density at radius 3 is 3.05 bits per heavy atom. The summed E-state index contributed by atoms with van der Waals surface area (Å²) in [6, 6.07) is 4.12. The van der Waals surface area contributed by atoms with E-state index in [1.807, 2.05) is 18.4 Å². The maximum absolute atomic E-state index is 12.2. The molecule has 6 heteroatoms. The Kier molecular flexibility index (Phi) is 4.79. The third-order valence-electron chi connectivity index (χ3n) is 3.06. The number of H-pyrrole nitrogens is 1. The normalized spacial score (nSPS) is 12.3. The average Bonchev–Trinajstić information content (AvgIpc) is 3.01. The van der Waals surface area contributed by atoms with Crippen LogP contribution in [-0.4, -0.2) is 22.1 Å². The molecule has 0 aromatic carbocycles. The van der Waals surface area contributed by atoms with Crippen molar-refractivity contribution in [1.82, 2.24) is 15.5 Å². The van der Waals surface area contributed by atoms with Gasteiger partial charge in [0.25, 0.3) is 5.91 Å². The molecule has 0 radical (unpaired) electrons. The van der Waals surface area contributed by atoms with Gasteiger partial charge < -0.3 is 11.1 Å². The number of nitrogen functional groups attached to an aromatic ring is 1. The van der Waals surface area contributed by atoms with Crippen molar-refractivity contribution in [2.24, 2.45) is 0 Å². The summed E-state index contributed by atoms with van der Waals surface area (Å²) in [4.78, 5) is 13.4. The van der Waals surface area contributed by atoms with E-state index in [2.05, 4.69) is 28.5 Å². The number of nitrogens with one attached hydrogen (secondary N) is 2. The summed E-state index contributed by atoms with van der Waals surface area (Å²) < 4.78 is 0. The van der Waals surface area contributed by atoms with Crippen LogP contribution in [0, 0.1) is 0 Å². The number of hydrogen-bond donors (Lipinski definition) is 3. The third kappa shape index (κ3) is 3.39. The topological polar surface area (TPSA) is 83.8 Å². The van der Waals surface area contributed by atoms with Gasteiger partial charge in [0.2, 0.25) is 0 Å². The van der Waals surface area contributed by atoms with Gasteiger partial charge in [-0.3, -0.25) is 9.89 Å². The van der Waals surface area contributed by atoms with Crippen molar-refractivity contribution < 1.29 is 4.79 Å². The lowest BCUT2D eigenvalue weighted by Crippen LogP contribution is -2.34. The molecular formula is C14H20N4OS. The van der Waals surface area contributed by atoms with Crippen molar-refractivity contribution >= 4 is 22.9 Å².